The molecule has 3 rings (SSSR count). The van der Waals surface area contributed by atoms with Gasteiger partial charge >= 0.3 is 0 Å². The first kappa shape index (κ1) is 14.7. The molecule has 0 aliphatic carbocycles. The molecule has 1 fully saturated rings. The van der Waals surface area contributed by atoms with E-state index in [1.807, 2.05) is 30.3 Å². The van der Waals surface area contributed by atoms with Crippen LogP contribution >= 0.6 is 0 Å². The Morgan fingerprint density at radius 1 is 1.45 bits per heavy atom. The molecule has 2 atom stereocenters. The Morgan fingerprint density at radius 3 is 3.14 bits per heavy atom. The standard InChI is InChI=1S/C16H18N2O4/c1-11(16(19)18-22-13-6-7-20-10-13)21-14-8-12-4-2-3-5-15(12)17-9-14/h2-5,8-9,11,13H,6-7,10H2,1H3,(H,18,19)/t11-,13?/m0/s1. The van der Waals surface area contributed by atoms with E-state index in [1.54, 1.807) is 13.1 Å². The number of para-hydroxylation sites is 1. The van der Waals surface area contributed by atoms with Crippen LogP contribution in [0.15, 0.2) is 36.5 Å². The average Bonchev–Trinajstić information content (AvgIpc) is 3.06. The van der Waals surface area contributed by atoms with Crippen LogP contribution in [0.1, 0.15) is 13.3 Å². The van der Waals surface area contributed by atoms with Crippen molar-refractivity contribution >= 4 is 16.8 Å². The Kier molecular flexibility index (Phi) is 4.50. The molecule has 1 aliphatic rings. The highest BCUT2D eigenvalue weighted by Crippen LogP contribution is 2.19. The molecule has 0 spiro atoms. The van der Waals surface area contributed by atoms with Crippen LogP contribution in [0.3, 0.4) is 0 Å². The molecule has 0 radical (unpaired) electrons. The van der Waals surface area contributed by atoms with Gasteiger partial charge in [0.15, 0.2) is 6.10 Å². The molecule has 1 N–H and O–H groups in total. The summed E-state index contributed by atoms with van der Waals surface area (Å²) >= 11 is 0. The number of hydroxylamine groups is 1. The van der Waals surface area contributed by atoms with Crippen molar-refractivity contribution in [1.29, 1.82) is 0 Å². The number of amides is 1. The van der Waals surface area contributed by atoms with Crippen LogP contribution in [0, 0.1) is 0 Å². The average molecular weight is 302 g/mol. The lowest BCUT2D eigenvalue weighted by atomic mass is 10.2. The molecule has 2 aromatic rings. The number of carbonyl (C=O) groups excluding carboxylic acids is 1. The van der Waals surface area contributed by atoms with Gasteiger partial charge in [0, 0.05) is 18.4 Å². The fraction of sp³-hybridized carbons (Fsp3) is 0.375. The lowest BCUT2D eigenvalue weighted by Crippen LogP contribution is -2.38. The van der Waals surface area contributed by atoms with Gasteiger partial charge in [0.25, 0.3) is 5.91 Å². The molecule has 0 bridgehead atoms. The van der Waals surface area contributed by atoms with Crippen molar-refractivity contribution in [2.45, 2.75) is 25.6 Å². The molecule has 1 amide bonds. The second kappa shape index (κ2) is 6.72. The number of hydrogen-bond donors (Lipinski definition) is 1. The highest BCUT2D eigenvalue weighted by atomic mass is 16.7. The minimum absolute atomic E-state index is 0.0847. The Morgan fingerprint density at radius 2 is 2.32 bits per heavy atom. The molecule has 0 saturated carbocycles. The van der Waals surface area contributed by atoms with Crippen LogP contribution < -0.4 is 10.2 Å². The van der Waals surface area contributed by atoms with E-state index in [1.165, 1.54) is 0 Å². The van der Waals surface area contributed by atoms with Crippen molar-refractivity contribution in [1.82, 2.24) is 10.5 Å². The maximum atomic E-state index is 11.9. The normalized spacial score (nSPS) is 19.0. The Labute approximate surface area is 128 Å². The molecule has 116 valence electrons. The summed E-state index contributed by atoms with van der Waals surface area (Å²) in [4.78, 5) is 21.5. The van der Waals surface area contributed by atoms with E-state index >= 15 is 0 Å². The summed E-state index contributed by atoms with van der Waals surface area (Å²) in [6.07, 6.45) is 1.63. The summed E-state index contributed by atoms with van der Waals surface area (Å²) in [5, 5.41) is 0.965. The van der Waals surface area contributed by atoms with E-state index in [4.69, 9.17) is 14.3 Å². The van der Waals surface area contributed by atoms with Gasteiger partial charge in [-0.25, -0.2) is 5.48 Å². The summed E-state index contributed by atoms with van der Waals surface area (Å²) in [5.41, 5.74) is 3.30. The monoisotopic (exact) mass is 302 g/mol. The molecule has 2 heterocycles. The zero-order valence-corrected chi connectivity index (χ0v) is 12.3. The summed E-state index contributed by atoms with van der Waals surface area (Å²) in [7, 11) is 0. The lowest BCUT2D eigenvalue weighted by molar-refractivity contribution is -0.144. The van der Waals surface area contributed by atoms with E-state index in [0.717, 1.165) is 17.3 Å². The zero-order chi connectivity index (χ0) is 15.4. The fourth-order valence-corrected chi connectivity index (χ4v) is 2.20. The zero-order valence-electron chi connectivity index (χ0n) is 12.3. The smallest absolute Gasteiger partial charge is 0.284 e. The van der Waals surface area contributed by atoms with Gasteiger partial charge in [0.2, 0.25) is 0 Å². The molecule has 1 saturated heterocycles. The van der Waals surface area contributed by atoms with Crippen molar-refractivity contribution in [3.05, 3.63) is 36.5 Å². The Balaban J connectivity index is 1.57. The maximum Gasteiger partial charge on any atom is 0.284 e. The van der Waals surface area contributed by atoms with Gasteiger partial charge in [-0.2, -0.15) is 0 Å². The summed E-state index contributed by atoms with van der Waals surface area (Å²) in [6, 6.07) is 9.59. The number of rotatable bonds is 5. The van der Waals surface area contributed by atoms with Gasteiger partial charge in [-0.05, 0) is 19.1 Å². The molecule has 1 aliphatic heterocycles. The van der Waals surface area contributed by atoms with Gasteiger partial charge < -0.3 is 9.47 Å². The van der Waals surface area contributed by atoms with Crippen LogP contribution in [0.5, 0.6) is 5.75 Å². The van der Waals surface area contributed by atoms with Gasteiger partial charge in [0.1, 0.15) is 11.9 Å². The van der Waals surface area contributed by atoms with Crippen LogP contribution in [0.2, 0.25) is 0 Å². The van der Waals surface area contributed by atoms with E-state index in [-0.39, 0.29) is 12.0 Å². The predicted octanol–water partition coefficient (Wildman–Crippen LogP) is 1.84. The largest absolute Gasteiger partial charge is 0.479 e. The van der Waals surface area contributed by atoms with Crippen molar-refractivity contribution in [2.75, 3.05) is 13.2 Å². The highest BCUT2D eigenvalue weighted by Gasteiger charge is 2.20. The number of nitrogens with zero attached hydrogens (tertiary/aromatic N) is 1. The van der Waals surface area contributed by atoms with E-state index in [2.05, 4.69) is 10.5 Å². The first-order valence-corrected chi connectivity index (χ1v) is 7.27. The van der Waals surface area contributed by atoms with Crippen LogP contribution in [-0.2, 0) is 14.4 Å². The quantitative estimate of drug-likeness (QED) is 0.853. The topological polar surface area (TPSA) is 69.7 Å². The van der Waals surface area contributed by atoms with Gasteiger partial charge in [-0.15, -0.1) is 0 Å². The molecule has 1 unspecified atom stereocenters. The molecular weight excluding hydrogens is 284 g/mol. The van der Waals surface area contributed by atoms with Gasteiger partial charge in [-0.3, -0.25) is 14.6 Å². The molecular formula is C16H18N2O4. The van der Waals surface area contributed by atoms with E-state index in [0.29, 0.717) is 19.0 Å². The van der Waals surface area contributed by atoms with Gasteiger partial charge in [-0.1, -0.05) is 18.2 Å². The molecule has 22 heavy (non-hydrogen) atoms. The Hall–Kier alpha value is -2.18. The third-order valence-electron chi connectivity index (χ3n) is 3.46. The summed E-state index contributed by atoms with van der Waals surface area (Å²) in [6.45, 7) is 2.83. The SMILES string of the molecule is C[C@H](Oc1cnc2ccccc2c1)C(=O)NOC1CCOC1. The maximum absolute atomic E-state index is 11.9. The van der Waals surface area contributed by atoms with Crippen LogP contribution in [0.25, 0.3) is 10.9 Å². The second-order valence-electron chi connectivity index (χ2n) is 5.19. The van der Waals surface area contributed by atoms with Gasteiger partial charge in [0.05, 0.1) is 18.3 Å². The minimum atomic E-state index is -0.676. The summed E-state index contributed by atoms with van der Waals surface area (Å²) in [5.74, 6) is 0.214. The fourth-order valence-electron chi connectivity index (χ4n) is 2.20. The van der Waals surface area contributed by atoms with Crippen LogP contribution in [-0.4, -0.2) is 36.3 Å². The third-order valence-corrected chi connectivity index (χ3v) is 3.46. The first-order valence-electron chi connectivity index (χ1n) is 7.27. The van der Waals surface area contributed by atoms with Crippen molar-refractivity contribution in [2.24, 2.45) is 0 Å². The minimum Gasteiger partial charge on any atom is -0.479 e. The third kappa shape index (κ3) is 3.52. The number of carbonyl (C=O) groups is 1. The van der Waals surface area contributed by atoms with Crippen LogP contribution in [0.4, 0.5) is 0 Å². The molecule has 1 aromatic carbocycles. The number of fused-ring (bicyclic) bond motifs is 1. The molecule has 6 nitrogen and oxygen atoms in total. The lowest BCUT2D eigenvalue weighted by Gasteiger charge is -2.16. The number of benzene rings is 1. The molecule has 6 heteroatoms. The van der Waals surface area contributed by atoms with E-state index < -0.39 is 6.10 Å². The highest BCUT2D eigenvalue weighted by molar-refractivity contribution is 5.81. The molecule has 1 aromatic heterocycles. The van der Waals surface area contributed by atoms with Crippen molar-refractivity contribution in [3.8, 4) is 5.75 Å². The second-order valence-corrected chi connectivity index (χ2v) is 5.19. The number of ether oxygens (including phenoxy) is 2. The number of hydrogen-bond acceptors (Lipinski definition) is 5. The predicted molar refractivity (Wildman–Crippen MR) is 80.3 cm³/mol. The van der Waals surface area contributed by atoms with Crippen molar-refractivity contribution < 1.29 is 19.1 Å². The Bertz CT molecular complexity index is 655. The first-order chi connectivity index (χ1) is 10.7. The number of nitrogens with one attached hydrogen (secondary N) is 1. The van der Waals surface area contributed by atoms with E-state index in [9.17, 15) is 4.79 Å². The summed E-state index contributed by atoms with van der Waals surface area (Å²) < 4.78 is 10.8. The van der Waals surface area contributed by atoms with Crippen molar-refractivity contribution in [3.63, 3.8) is 0 Å². The number of aromatic nitrogens is 1. The number of pyridine rings is 1.